The summed E-state index contributed by atoms with van der Waals surface area (Å²) in [6.07, 6.45) is 0.907. The molecule has 6 heteroatoms. The number of carbonyl (C=O) groups is 2. The Hall–Kier alpha value is -3.02. The van der Waals surface area contributed by atoms with E-state index in [1.54, 1.807) is 38.3 Å². The lowest BCUT2D eigenvalue weighted by atomic mass is 10.1. The van der Waals surface area contributed by atoms with E-state index in [4.69, 9.17) is 9.47 Å². The zero-order valence-electron chi connectivity index (χ0n) is 16.8. The summed E-state index contributed by atoms with van der Waals surface area (Å²) < 4.78 is 11.0. The van der Waals surface area contributed by atoms with E-state index in [1.165, 1.54) is 0 Å². The van der Waals surface area contributed by atoms with Crippen molar-refractivity contribution in [1.29, 1.82) is 0 Å². The van der Waals surface area contributed by atoms with Crippen LogP contribution in [-0.4, -0.2) is 31.6 Å². The molecular formula is C22H28N2O4. The first-order valence-corrected chi connectivity index (χ1v) is 9.43. The number of methoxy groups -OCH3 is 1. The molecule has 2 rings (SSSR count). The first-order valence-electron chi connectivity index (χ1n) is 9.43. The second kappa shape index (κ2) is 10.3. The summed E-state index contributed by atoms with van der Waals surface area (Å²) in [5.41, 5.74) is 1.40. The Kier molecular flexibility index (Phi) is 7.87. The van der Waals surface area contributed by atoms with E-state index in [1.807, 2.05) is 38.1 Å². The van der Waals surface area contributed by atoms with Crippen LogP contribution in [0.25, 0.3) is 0 Å². The molecule has 0 aliphatic rings. The molecule has 0 aliphatic heterocycles. The highest BCUT2D eigenvalue weighted by Gasteiger charge is 2.19. The van der Waals surface area contributed by atoms with Crippen molar-refractivity contribution >= 4 is 11.8 Å². The van der Waals surface area contributed by atoms with E-state index >= 15 is 0 Å². The molecule has 0 heterocycles. The summed E-state index contributed by atoms with van der Waals surface area (Å²) in [6.45, 7) is 6.19. The van der Waals surface area contributed by atoms with Gasteiger partial charge in [-0.3, -0.25) is 9.59 Å². The highest BCUT2D eigenvalue weighted by Crippen LogP contribution is 2.30. The van der Waals surface area contributed by atoms with Crippen LogP contribution in [0.5, 0.6) is 11.5 Å². The van der Waals surface area contributed by atoms with Gasteiger partial charge in [-0.1, -0.05) is 31.2 Å². The molecule has 2 N–H and O–H groups in total. The second-order valence-electron chi connectivity index (χ2n) is 6.55. The van der Waals surface area contributed by atoms with Gasteiger partial charge in [-0.2, -0.15) is 0 Å². The first kappa shape index (κ1) is 21.3. The van der Waals surface area contributed by atoms with Crippen molar-refractivity contribution in [2.24, 2.45) is 0 Å². The van der Waals surface area contributed by atoms with E-state index in [2.05, 4.69) is 10.6 Å². The second-order valence-corrected chi connectivity index (χ2v) is 6.55. The number of hydrogen-bond acceptors (Lipinski definition) is 4. The molecule has 150 valence electrons. The topological polar surface area (TPSA) is 76.7 Å². The maximum atomic E-state index is 12.5. The fraction of sp³-hybridized carbons (Fsp3) is 0.364. The van der Waals surface area contributed by atoms with Crippen LogP contribution in [0, 0.1) is 0 Å². The van der Waals surface area contributed by atoms with E-state index in [9.17, 15) is 9.59 Å². The van der Waals surface area contributed by atoms with Crippen LogP contribution in [-0.2, 0) is 4.79 Å². The molecule has 2 amide bonds. The van der Waals surface area contributed by atoms with Crippen molar-refractivity contribution in [1.82, 2.24) is 10.6 Å². The van der Waals surface area contributed by atoms with Crippen molar-refractivity contribution in [2.75, 3.05) is 13.7 Å². The third-order valence-electron chi connectivity index (χ3n) is 4.28. The van der Waals surface area contributed by atoms with Crippen LogP contribution < -0.4 is 20.1 Å². The summed E-state index contributed by atoms with van der Waals surface area (Å²) in [7, 11) is 1.59. The number of ether oxygens (including phenoxy) is 2. The Morgan fingerprint density at radius 3 is 2.36 bits per heavy atom. The number of amides is 2. The van der Waals surface area contributed by atoms with Crippen molar-refractivity contribution in [2.45, 2.75) is 39.3 Å². The Labute approximate surface area is 166 Å². The predicted molar refractivity (Wildman–Crippen MR) is 109 cm³/mol. The molecule has 0 aliphatic carbocycles. The number of hydrogen-bond donors (Lipinski definition) is 2. The number of rotatable bonds is 9. The molecule has 0 bridgehead atoms. The Balaban J connectivity index is 1.98. The maximum Gasteiger partial charge on any atom is 0.251 e. The number of carbonyl (C=O) groups excluding carboxylic acids is 2. The number of benzene rings is 2. The van der Waals surface area contributed by atoms with Gasteiger partial charge in [-0.15, -0.1) is 0 Å². The highest BCUT2D eigenvalue weighted by atomic mass is 16.5. The molecular weight excluding hydrogens is 356 g/mol. The zero-order chi connectivity index (χ0) is 20.5. The molecule has 6 nitrogen and oxygen atoms in total. The molecule has 0 radical (unpaired) electrons. The zero-order valence-corrected chi connectivity index (χ0v) is 16.8. The minimum Gasteiger partial charge on any atom is -0.493 e. The molecule has 2 unspecified atom stereocenters. The van der Waals surface area contributed by atoms with E-state index in [0.29, 0.717) is 23.7 Å². The third kappa shape index (κ3) is 5.74. The molecule has 2 aromatic rings. The van der Waals surface area contributed by atoms with Crippen LogP contribution in [0.2, 0.25) is 0 Å². The molecule has 0 spiro atoms. The van der Waals surface area contributed by atoms with E-state index in [-0.39, 0.29) is 17.9 Å². The Morgan fingerprint density at radius 1 is 1.00 bits per heavy atom. The van der Waals surface area contributed by atoms with Gasteiger partial charge in [-0.25, -0.2) is 0 Å². The standard InChI is InChI=1S/C22H28N2O4/c1-5-13-28-19-12-11-18(14-20(19)27-4)15(2)23-21(25)16(3)24-22(26)17-9-7-6-8-10-17/h6-12,14-16H,5,13H2,1-4H3,(H,23,25)(H,24,26). The predicted octanol–water partition coefficient (Wildman–Crippen LogP) is 3.48. The lowest BCUT2D eigenvalue weighted by Gasteiger charge is -2.20. The largest absolute Gasteiger partial charge is 0.493 e. The van der Waals surface area contributed by atoms with Crippen LogP contribution in [0.4, 0.5) is 0 Å². The van der Waals surface area contributed by atoms with Crippen LogP contribution >= 0.6 is 0 Å². The van der Waals surface area contributed by atoms with Crippen molar-refractivity contribution in [3.8, 4) is 11.5 Å². The molecule has 2 aromatic carbocycles. The number of nitrogens with one attached hydrogen (secondary N) is 2. The minimum absolute atomic E-state index is 0.252. The van der Waals surface area contributed by atoms with Gasteiger partial charge >= 0.3 is 0 Å². The van der Waals surface area contributed by atoms with Crippen molar-refractivity contribution in [3.63, 3.8) is 0 Å². The lowest BCUT2D eigenvalue weighted by molar-refractivity contribution is -0.123. The first-order chi connectivity index (χ1) is 13.5. The van der Waals surface area contributed by atoms with Crippen LogP contribution in [0.3, 0.4) is 0 Å². The summed E-state index contributed by atoms with van der Waals surface area (Å²) in [4.78, 5) is 24.7. The molecule has 0 saturated heterocycles. The summed E-state index contributed by atoms with van der Waals surface area (Å²) in [5, 5.41) is 5.63. The normalized spacial score (nSPS) is 12.6. The average Bonchev–Trinajstić information content (AvgIpc) is 2.72. The van der Waals surface area contributed by atoms with Gasteiger partial charge in [0.2, 0.25) is 5.91 Å². The summed E-state index contributed by atoms with van der Waals surface area (Å²) in [5.74, 6) is 0.754. The molecule has 0 fully saturated rings. The van der Waals surface area contributed by atoms with Gasteiger partial charge in [0.15, 0.2) is 11.5 Å². The maximum absolute atomic E-state index is 12.5. The fourth-order valence-corrected chi connectivity index (χ4v) is 2.64. The average molecular weight is 384 g/mol. The Morgan fingerprint density at radius 2 is 1.71 bits per heavy atom. The van der Waals surface area contributed by atoms with E-state index in [0.717, 1.165) is 12.0 Å². The monoisotopic (exact) mass is 384 g/mol. The molecule has 0 saturated carbocycles. The van der Waals surface area contributed by atoms with Gasteiger partial charge < -0.3 is 20.1 Å². The molecule has 28 heavy (non-hydrogen) atoms. The van der Waals surface area contributed by atoms with Crippen molar-refractivity contribution < 1.29 is 19.1 Å². The van der Waals surface area contributed by atoms with E-state index < -0.39 is 6.04 Å². The quantitative estimate of drug-likeness (QED) is 0.694. The summed E-state index contributed by atoms with van der Waals surface area (Å²) in [6, 6.07) is 13.5. The lowest BCUT2D eigenvalue weighted by Crippen LogP contribution is -2.45. The Bertz CT molecular complexity index is 792. The third-order valence-corrected chi connectivity index (χ3v) is 4.28. The van der Waals surface area contributed by atoms with Gasteiger partial charge in [0.25, 0.3) is 5.91 Å². The highest BCUT2D eigenvalue weighted by molar-refractivity contribution is 5.97. The van der Waals surface area contributed by atoms with Crippen LogP contribution in [0.15, 0.2) is 48.5 Å². The van der Waals surface area contributed by atoms with Crippen LogP contribution in [0.1, 0.15) is 49.2 Å². The summed E-state index contributed by atoms with van der Waals surface area (Å²) >= 11 is 0. The molecule has 0 aromatic heterocycles. The van der Waals surface area contributed by atoms with Gasteiger partial charge in [0.1, 0.15) is 6.04 Å². The van der Waals surface area contributed by atoms with Gasteiger partial charge in [0.05, 0.1) is 19.8 Å². The fourth-order valence-electron chi connectivity index (χ4n) is 2.64. The van der Waals surface area contributed by atoms with Gasteiger partial charge in [0, 0.05) is 5.56 Å². The minimum atomic E-state index is -0.663. The smallest absolute Gasteiger partial charge is 0.251 e. The van der Waals surface area contributed by atoms with Crippen molar-refractivity contribution in [3.05, 3.63) is 59.7 Å². The SMILES string of the molecule is CCCOc1ccc(C(C)NC(=O)C(C)NC(=O)c2ccccc2)cc1OC. The van der Waals surface area contributed by atoms with Gasteiger partial charge in [-0.05, 0) is 50.1 Å². The molecule has 2 atom stereocenters.